The second-order valence-corrected chi connectivity index (χ2v) is 6.35. The van der Waals surface area contributed by atoms with Gasteiger partial charge in [0.2, 0.25) is 11.6 Å². The zero-order valence-corrected chi connectivity index (χ0v) is 15.0. The number of ether oxygens (including phenoxy) is 1. The van der Waals surface area contributed by atoms with Crippen molar-refractivity contribution in [1.82, 2.24) is 14.9 Å². The van der Waals surface area contributed by atoms with Gasteiger partial charge in [-0.3, -0.25) is 10.1 Å². The molecule has 1 aromatic heterocycles. The number of aromatic nitrogens is 2. The van der Waals surface area contributed by atoms with E-state index in [1.54, 1.807) is 11.8 Å². The van der Waals surface area contributed by atoms with E-state index < -0.39 is 4.92 Å². The Bertz CT molecular complexity index is 656. The second-order valence-electron chi connectivity index (χ2n) is 6.35. The SMILES string of the molecule is CCOC(=O)N1CCN(c2ncnc(N3CCCCC3)c2[N+](=O)[O-])CC1. The first-order chi connectivity index (χ1) is 12.6. The molecule has 0 N–H and O–H groups in total. The average Bonchev–Trinajstić information content (AvgIpc) is 2.68. The van der Waals surface area contributed by atoms with Gasteiger partial charge in [-0.25, -0.2) is 14.8 Å². The van der Waals surface area contributed by atoms with Crippen molar-refractivity contribution in [1.29, 1.82) is 0 Å². The molecule has 1 aromatic rings. The Morgan fingerprint density at radius 1 is 1.08 bits per heavy atom. The van der Waals surface area contributed by atoms with Crippen molar-refractivity contribution in [3.05, 3.63) is 16.4 Å². The minimum Gasteiger partial charge on any atom is -0.450 e. The predicted molar refractivity (Wildman–Crippen MR) is 95.6 cm³/mol. The number of hydrogen-bond acceptors (Lipinski definition) is 8. The van der Waals surface area contributed by atoms with E-state index in [9.17, 15) is 14.9 Å². The van der Waals surface area contributed by atoms with Crippen molar-refractivity contribution in [3.63, 3.8) is 0 Å². The van der Waals surface area contributed by atoms with Crippen LogP contribution in [0.1, 0.15) is 26.2 Å². The van der Waals surface area contributed by atoms with Gasteiger partial charge in [-0.15, -0.1) is 0 Å². The third-order valence-corrected chi connectivity index (χ3v) is 4.73. The third-order valence-electron chi connectivity index (χ3n) is 4.73. The lowest BCUT2D eigenvalue weighted by Crippen LogP contribution is -2.49. The molecule has 3 heterocycles. The van der Waals surface area contributed by atoms with Crippen LogP contribution < -0.4 is 9.80 Å². The molecule has 0 bridgehead atoms. The van der Waals surface area contributed by atoms with Gasteiger partial charge in [0.05, 0.1) is 11.5 Å². The molecule has 0 radical (unpaired) electrons. The number of carbonyl (C=O) groups is 1. The number of nitro groups is 1. The maximum atomic E-state index is 11.8. The van der Waals surface area contributed by atoms with Gasteiger partial charge in [0.15, 0.2) is 0 Å². The Hall–Kier alpha value is -2.65. The largest absolute Gasteiger partial charge is 0.450 e. The van der Waals surface area contributed by atoms with Gasteiger partial charge >= 0.3 is 11.8 Å². The smallest absolute Gasteiger partial charge is 0.409 e. The zero-order chi connectivity index (χ0) is 18.5. The number of amides is 1. The summed E-state index contributed by atoms with van der Waals surface area (Å²) in [4.78, 5) is 37.0. The van der Waals surface area contributed by atoms with Gasteiger partial charge in [0.25, 0.3) is 0 Å². The van der Waals surface area contributed by atoms with Gasteiger partial charge in [-0.05, 0) is 26.2 Å². The first kappa shape index (κ1) is 18.2. The fraction of sp³-hybridized carbons (Fsp3) is 0.688. The van der Waals surface area contributed by atoms with Crippen molar-refractivity contribution >= 4 is 23.4 Å². The van der Waals surface area contributed by atoms with Crippen LogP contribution in [-0.4, -0.2) is 71.8 Å². The molecular weight excluding hydrogens is 340 g/mol. The van der Waals surface area contributed by atoms with E-state index in [0.717, 1.165) is 32.4 Å². The topological polar surface area (TPSA) is 105 Å². The fourth-order valence-corrected chi connectivity index (χ4v) is 3.41. The number of carbonyl (C=O) groups excluding carboxylic acids is 1. The minimum absolute atomic E-state index is 0.0426. The molecule has 10 nitrogen and oxygen atoms in total. The highest BCUT2D eigenvalue weighted by atomic mass is 16.6. The Morgan fingerprint density at radius 2 is 1.65 bits per heavy atom. The molecule has 3 rings (SSSR count). The van der Waals surface area contributed by atoms with Crippen molar-refractivity contribution in [2.24, 2.45) is 0 Å². The first-order valence-corrected chi connectivity index (χ1v) is 9.02. The molecule has 26 heavy (non-hydrogen) atoms. The lowest BCUT2D eigenvalue weighted by atomic mass is 10.1. The van der Waals surface area contributed by atoms with Gasteiger partial charge in [0.1, 0.15) is 6.33 Å². The molecule has 0 unspecified atom stereocenters. The van der Waals surface area contributed by atoms with Crippen molar-refractivity contribution in [3.8, 4) is 0 Å². The predicted octanol–water partition coefficient (Wildman–Crippen LogP) is 1.65. The van der Waals surface area contributed by atoms with Crippen LogP contribution in [-0.2, 0) is 4.74 Å². The molecule has 2 aliphatic rings. The van der Waals surface area contributed by atoms with Crippen LogP contribution in [0.4, 0.5) is 22.1 Å². The molecule has 0 saturated carbocycles. The number of piperazine rings is 1. The highest BCUT2D eigenvalue weighted by Gasteiger charge is 2.32. The Morgan fingerprint density at radius 3 is 2.19 bits per heavy atom. The van der Waals surface area contributed by atoms with Gasteiger partial charge in [-0.1, -0.05) is 0 Å². The van der Waals surface area contributed by atoms with Crippen molar-refractivity contribution in [2.75, 3.05) is 55.7 Å². The summed E-state index contributed by atoms with van der Waals surface area (Å²) < 4.78 is 5.01. The highest BCUT2D eigenvalue weighted by Crippen LogP contribution is 2.35. The summed E-state index contributed by atoms with van der Waals surface area (Å²) in [5.74, 6) is 0.724. The van der Waals surface area contributed by atoms with Gasteiger partial charge in [0, 0.05) is 39.3 Å². The number of nitrogens with zero attached hydrogens (tertiary/aromatic N) is 6. The summed E-state index contributed by atoms with van der Waals surface area (Å²) in [6, 6.07) is 0. The van der Waals surface area contributed by atoms with Crippen LogP contribution in [0.3, 0.4) is 0 Å². The molecular formula is C16H24N6O4. The zero-order valence-electron chi connectivity index (χ0n) is 15.0. The normalized spacial score (nSPS) is 18.0. The van der Waals surface area contributed by atoms with Crippen LogP contribution in [0.5, 0.6) is 0 Å². The summed E-state index contributed by atoms with van der Waals surface area (Å²) in [6.45, 7) is 5.46. The highest BCUT2D eigenvalue weighted by molar-refractivity contribution is 5.72. The number of rotatable bonds is 4. The van der Waals surface area contributed by atoms with Crippen molar-refractivity contribution < 1.29 is 14.5 Å². The molecule has 10 heteroatoms. The summed E-state index contributed by atoms with van der Waals surface area (Å²) in [7, 11) is 0. The van der Waals surface area contributed by atoms with Gasteiger partial charge in [-0.2, -0.15) is 0 Å². The maximum Gasteiger partial charge on any atom is 0.409 e. The summed E-state index contributed by atoms with van der Waals surface area (Å²) in [6.07, 6.45) is 4.20. The Labute approximate surface area is 151 Å². The Kier molecular flexibility index (Phi) is 5.69. The molecule has 2 aliphatic heterocycles. The number of hydrogen-bond donors (Lipinski definition) is 0. The summed E-state index contributed by atoms with van der Waals surface area (Å²) in [5, 5.41) is 11.8. The van der Waals surface area contributed by atoms with E-state index in [4.69, 9.17) is 4.74 Å². The minimum atomic E-state index is -0.392. The maximum absolute atomic E-state index is 11.8. The monoisotopic (exact) mass is 364 g/mol. The van der Waals surface area contributed by atoms with Crippen LogP contribution in [0.15, 0.2) is 6.33 Å². The summed E-state index contributed by atoms with van der Waals surface area (Å²) in [5.41, 5.74) is -0.0426. The molecule has 0 spiro atoms. The molecule has 2 saturated heterocycles. The second kappa shape index (κ2) is 8.15. The van der Waals surface area contributed by atoms with E-state index in [2.05, 4.69) is 9.97 Å². The molecule has 0 atom stereocenters. The van der Waals surface area contributed by atoms with E-state index in [1.165, 1.54) is 6.33 Å². The van der Waals surface area contributed by atoms with Crippen LogP contribution in [0.25, 0.3) is 0 Å². The third kappa shape index (κ3) is 3.78. The first-order valence-electron chi connectivity index (χ1n) is 9.02. The molecule has 0 aromatic carbocycles. The Balaban J connectivity index is 1.80. The van der Waals surface area contributed by atoms with E-state index in [0.29, 0.717) is 44.4 Å². The molecule has 1 amide bonds. The lowest BCUT2D eigenvalue weighted by molar-refractivity contribution is -0.383. The van der Waals surface area contributed by atoms with Crippen LogP contribution in [0, 0.1) is 10.1 Å². The molecule has 2 fully saturated rings. The van der Waals surface area contributed by atoms with Crippen molar-refractivity contribution in [2.45, 2.75) is 26.2 Å². The van der Waals surface area contributed by atoms with Gasteiger partial charge < -0.3 is 19.4 Å². The number of piperidine rings is 1. The molecule has 0 aliphatic carbocycles. The number of anilines is 2. The average molecular weight is 364 g/mol. The fourth-order valence-electron chi connectivity index (χ4n) is 3.41. The summed E-state index contributed by atoms with van der Waals surface area (Å²) >= 11 is 0. The molecule has 142 valence electrons. The van der Waals surface area contributed by atoms with E-state index in [1.807, 2.05) is 9.80 Å². The van der Waals surface area contributed by atoms with E-state index >= 15 is 0 Å². The van der Waals surface area contributed by atoms with E-state index in [-0.39, 0.29) is 11.8 Å². The quantitative estimate of drug-likeness (QED) is 0.587. The van der Waals surface area contributed by atoms with Crippen LogP contribution in [0.2, 0.25) is 0 Å². The lowest BCUT2D eigenvalue weighted by Gasteiger charge is -2.35. The van der Waals surface area contributed by atoms with Crippen LogP contribution >= 0.6 is 0 Å². The standard InChI is InChI=1S/C16H24N6O4/c1-2-26-16(23)21-10-8-20(9-11-21)15-13(22(24)25)14(17-12-18-15)19-6-4-3-5-7-19/h12H,2-11H2,1H3.